The van der Waals surface area contributed by atoms with E-state index in [9.17, 15) is 8.78 Å². The van der Waals surface area contributed by atoms with Crippen LogP contribution in [0.2, 0.25) is 5.02 Å². The minimum atomic E-state index is -2.25. The van der Waals surface area contributed by atoms with Crippen LogP contribution in [-0.2, 0) is 0 Å². The summed E-state index contributed by atoms with van der Waals surface area (Å²) in [7, 11) is 0. The van der Waals surface area contributed by atoms with E-state index in [0.717, 1.165) is 34.3 Å². The Kier molecular flexibility index (Phi) is 3.89. The van der Waals surface area contributed by atoms with Crippen molar-refractivity contribution in [3.8, 4) is 0 Å². The molecule has 3 nitrogen and oxygen atoms in total. The summed E-state index contributed by atoms with van der Waals surface area (Å²) in [4.78, 5) is 1.82. The first kappa shape index (κ1) is 13.8. The second-order valence-corrected chi connectivity index (χ2v) is 5.70. The second-order valence-electron chi connectivity index (χ2n) is 5.30. The highest BCUT2D eigenvalue weighted by Crippen LogP contribution is 2.35. The first-order chi connectivity index (χ1) is 9.63. The van der Waals surface area contributed by atoms with Gasteiger partial charge in [0.25, 0.3) is 6.43 Å². The van der Waals surface area contributed by atoms with Crippen molar-refractivity contribution in [2.75, 3.05) is 19.6 Å². The minimum Gasteiger partial charge on any atom is -0.298 e. The molecule has 0 atom stereocenters. The number of halogens is 3. The molecule has 1 saturated heterocycles. The number of benzene rings is 1. The number of fused-ring (bicyclic) bond motifs is 1. The normalized spacial score (nSPS) is 18.2. The summed E-state index contributed by atoms with van der Waals surface area (Å²) < 4.78 is 24.7. The molecule has 3 rings (SSSR count). The maximum Gasteiger partial charge on any atom is 0.251 e. The Balaban J connectivity index is 1.74. The zero-order valence-electron chi connectivity index (χ0n) is 11.0. The molecule has 2 heterocycles. The third-order valence-electron chi connectivity index (χ3n) is 3.98. The van der Waals surface area contributed by atoms with E-state index in [1.165, 1.54) is 0 Å². The van der Waals surface area contributed by atoms with E-state index in [1.54, 1.807) is 6.20 Å². The average Bonchev–Trinajstić information content (AvgIpc) is 2.85. The predicted molar refractivity (Wildman–Crippen MR) is 75.5 cm³/mol. The van der Waals surface area contributed by atoms with Crippen molar-refractivity contribution in [2.24, 2.45) is 0 Å². The van der Waals surface area contributed by atoms with Gasteiger partial charge in [0, 0.05) is 10.4 Å². The van der Waals surface area contributed by atoms with Gasteiger partial charge in [-0.3, -0.25) is 10.00 Å². The second kappa shape index (κ2) is 5.66. The van der Waals surface area contributed by atoms with Crippen molar-refractivity contribution < 1.29 is 8.78 Å². The van der Waals surface area contributed by atoms with Gasteiger partial charge >= 0.3 is 0 Å². The van der Waals surface area contributed by atoms with Crippen LogP contribution < -0.4 is 0 Å². The van der Waals surface area contributed by atoms with Gasteiger partial charge in [0.05, 0.1) is 18.3 Å². The third kappa shape index (κ3) is 2.79. The van der Waals surface area contributed by atoms with E-state index < -0.39 is 6.43 Å². The van der Waals surface area contributed by atoms with Crippen molar-refractivity contribution in [2.45, 2.75) is 25.2 Å². The molecule has 2 aromatic rings. The number of hydrogen-bond donors (Lipinski definition) is 1. The van der Waals surface area contributed by atoms with Gasteiger partial charge in [-0.05, 0) is 49.5 Å². The summed E-state index contributed by atoms with van der Waals surface area (Å²) in [6, 6.07) is 3.96. The zero-order chi connectivity index (χ0) is 14.1. The van der Waals surface area contributed by atoms with Crippen molar-refractivity contribution in [3.05, 3.63) is 28.9 Å². The molecule has 0 aliphatic carbocycles. The number of H-pyrrole nitrogens is 1. The highest BCUT2D eigenvalue weighted by atomic mass is 35.5. The molecular formula is C14H16ClF2N3. The van der Waals surface area contributed by atoms with Crippen molar-refractivity contribution in [3.63, 3.8) is 0 Å². The van der Waals surface area contributed by atoms with E-state index in [1.807, 2.05) is 17.0 Å². The minimum absolute atomic E-state index is 0.125. The maximum absolute atomic E-state index is 12.4. The van der Waals surface area contributed by atoms with Gasteiger partial charge in [-0.15, -0.1) is 0 Å². The number of aromatic amines is 1. The number of piperidine rings is 1. The van der Waals surface area contributed by atoms with Crippen LogP contribution in [0.25, 0.3) is 10.9 Å². The average molecular weight is 300 g/mol. The maximum atomic E-state index is 12.4. The predicted octanol–water partition coefficient (Wildman–Crippen LogP) is 3.66. The largest absolute Gasteiger partial charge is 0.298 e. The lowest BCUT2D eigenvalue weighted by Crippen LogP contribution is -2.36. The Morgan fingerprint density at radius 2 is 2.10 bits per heavy atom. The van der Waals surface area contributed by atoms with Gasteiger partial charge in [-0.1, -0.05) is 11.6 Å². The van der Waals surface area contributed by atoms with Crippen LogP contribution in [0.15, 0.2) is 18.3 Å². The number of nitrogens with zero attached hydrogens (tertiary/aromatic N) is 2. The van der Waals surface area contributed by atoms with E-state index in [-0.39, 0.29) is 6.54 Å². The van der Waals surface area contributed by atoms with Crippen molar-refractivity contribution in [1.82, 2.24) is 15.1 Å². The standard InChI is InChI=1S/C14H16ClF2N3/c15-12-5-10-7-18-19-13(10)6-11(12)9-1-3-20(4-2-9)8-14(16)17/h5-7,9,14H,1-4,8H2,(H,18,19). The van der Waals surface area contributed by atoms with Gasteiger partial charge in [0.1, 0.15) is 0 Å². The molecule has 0 radical (unpaired) electrons. The summed E-state index contributed by atoms with van der Waals surface area (Å²) in [6.07, 6.45) is 1.23. The lowest BCUT2D eigenvalue weighted by atomic mass is 9.89. The number of likely N-dealkylation sites (tertiary alicyclic amines) is 1. The fourth-order valence-corrected chi connectivity index (χ4v) is 3.24. The third-order valence-corrected chi connectivity index (χ3v) is 4.31. The molecular weight excluding hydrogens is 284 g/mol. The summed E-state index contributed by atoms with van der Waals surface area (Å²) in [5.41, 5.74) is 2.07. The molecule has 6 heteroatoms. The highest BCUT2D eigenvalue weighted by molar-refractivity contribution is 6.32. The first-order valence-electron chi connectivity index (χ1n) is 6.76. The summed E-state index contributed by atoms with van der Waals surface area (Å²) in [5.74, 6) is 0.337. The van der Waals surface area contributed by atoms with Crippen molar-refractivity contribution >= 4 is 22.5 Å². The molecule has 1 aromatic heterocycles. The summed E-state index contributed by atoms with van der Waals surface area (Å²) in [6.45, 7) is 1.28. The van der Waals surface area contributed by atoms with Crippen LogP contribution in [0, 0.1) is 0 Å². The molecule has 20 heavy (non-hydrogen) atoms. The Morgan fingerprint density at radius 3 is 2.80 bits per heavy atom. The molecule has 108 valence electrons. The lowest BCUT2D eigenvalue weighted by Gasteiger charge is -2.32. The molecule has 1 aliphatic heterocycles. The van der Waals surface area contributed by atoms with Crippen LogP contribution in [0.5, 0.6) is 0 Å². The number of nitrogens with one attached hydrogen (secondary N) is 1. The monoisotopic (exact) mass is 299 g/mol. The van der Waals surface area contributed by atoms with Crippen LogP contribution in [0.1, 0.15) is 24.3 Å². The number of hydrogen-bond acceptors (Lipinski definition) is 2. The van der Waals surface area contributed by atoms with Crippen LogP contribution in [0.4, 0.5) is 8.78 Å². The molecule has 0 unspecified atom stereocenters. The van der Waals surface area contributed by atoms with E-state index in [0.29, 0.717) is 19.0 Å². The van der Waals surface area contributed by atoms with E-state index >= 15 is 0 Å². The van der Waals surface area contributed by atoms with Gasteiger partial charge < -0.3 is 0 Å². The first-order valence-corrected chi connectivity index (χ1v) is 7.14. The topological polar surface area (TPSA) is 31.9 Å². The number of alkyl halides is 2. The molecule has 1 fully saturated rings. The highest BCUT2D eigenvalue weighted by Gasteiger charge is 2.24. The molecule has 1 aliphatic rings. The van der Waals surface area contributed by atoms with Crippen molar-refractivity contribution in [1.29, 1.82) is 0 Å². The fraction of sp³-hybridized carbons (Fsp3) is 0.500. The number of aromatic nitrogens is 2. The Labute approximate surface area is 120 Å². The molecule has 0 bridgehead atoms. The Hall–Kier alpha value is -1.20. The molecule has 1 aromatic carbocycles. The van der Waals surface area contributed by atoms with E-state index in [4.69, 9.17) is 11.6 Å². The SMILES string of the molecule is FC(F)CN1CCC(c2cc3[nH]ncc3cc2Cl)CC1. The van der Waals surface area contributed by atoms with Gasteiger partial charge in [0.15, 0.2) is 0 Å². The molecule has 0 saturated carbocycles. The fourth-order valence-electron chi connectivity index (χ4n) is 2.91. The van der Waals surface area contributed by atoms with E-state index in [2.05, 4.69) is 10.2 Å². The molecule has 0 spiro atoms. The van der Waals surface area contributed by atoms with Gasteiger partial charge in [-0.2, -0.15) is 5.10 Å². The zero-order valence-corrected chi connectivity index (χ0v) is 11.7. The Bertz CT molecular complexity index is 591. The molecule has 0 amide bonds. The Morgan fingerprint density at radius 1 is 1.35 bits per heavy atom. The molecule has 1 N–H and O–H groups in total. The van der Waals surface area contributed by atoms with Gasteiger partial charge in [-0.25, -0.2) is 8.78 Å². The lowest BCUT2D eigenvalue weighted by molar-refractivity contribution is 0.0754. The van der Waals surface area contributed by atoms with Gasteiger partial charge in [0.2, 0.25) is 0 Å². The van der Waals surface area contributed by atoms with Crippen LogP contribution in [-0.4, -0.2) is 41.2 Å². The smallest absolute Gasteiger partial charge is 0.251 e. The number of rotatable bonds is 3. The summed E-state index contributed by atoms with van der Waals surface area (Å²) in [5, 5.41) is 8.68. The van der Waals surface area contributed by atoms with Crippen LogP contribution >= 0.6 is 11.6 Å². The quantitative estimate of drug-likeness (QED) is 0.938. The summed E-state index contributed by atoms with van der Waals surface area (Å²) >= 11 is 6.34. The van der Waals surface area contributed by atoms with Crippen LogP contribution in [0.3, 0.4) is 0 Å².